The topological polar surface area (TPSA) is 29.9 Å². The maximum atomic E-state index is 4.35. The van der Waals surface area contributed by atoms with Crippen molar-refractivity contribution in [1.29, 1.82) is 0 Å². The molecule has 0 bridgehead atoms. The third kappa shape index (κ3) is 3.97. The Morgan fingerprint density at radius 1 is 1.44 bits per heavy atom. The molecule has 0 aliphatic carbocycles. The van der Waals surface area contributed by atoms with Crippen LogP contribution in [-0.4, -0.2) is 22.9 Å². The van der Waals surface area contributed by atoms with Crippen molar-refractivity contribution in [1.82, 2.24) is 15.1 Å². The van der Waals surface area contributed by atoms with Gasteiger partial charge in [0.15, 0.2) is 0 Å². The van der Waals surface area contributed by atoms with Crippen molar-refractivity contribution in [3.05, 3.63) is 18.0 Å². The Hall–Kier alpha value is -0.830. The first-order chi connectivity index (χ1) is 7.67. The molecule has 0 aromatic carbocycles. The van der Waals surface area contributed by atoms with E-state index >= 15 is 0 Å². The van der Waals surface area contributed by atoms with Crippen molar-refractivity contribution in [2.24, 2.45) is 5.92 Å². The predicted octanol–water partition coefficient (Wildman–Crippen LogP) is 2.47. The van der Waals surface area contributed by atoms with E-state index in [1.54, 1.807) is 0 Å². The summed E-state index contributed by atoms with van der Waals surface area (Å²) in [5.74, 6) is 0.690. The van der Waals surface area contributed by atoms with Gasteiger partial charge in [0, 0.05) is 18.8 Å². The van der Waals surface area contributed by atoms with Crippen molar-refractivity contribution in [2.45, 2.75) is 52.6 Å². The second-order valence-corrected chi connectivity index (χ2v) is 4.79. The van der Waals surface area contributed by atoms with Crippen LogP contribution in [0.2, 0.25) is 0 Å². The average Bonchev–Trinajstić information content (AvgIpc) is 2.67. The summed E-state index contributed by atoms with van der Waals surface area (Å²) < 4.78 is 2.04. The number of aromatic nitrogens is 2. The lowest BCUT2D eigenvalue weighted by molar-refractivity contribution is 0.403. The van der Waals surface area contributed by atoms with E-state index in [1.807, 2.05) is 17.9 Å². The fourth-order valence-corrected chi connectivity index (χ4v) is 2.02. The molecule has 16 heavy (non-hydrogen) atoms. The van der Waals surface area contributed by atoms with E-state index in [1.165, 1.54) is 12.0 Å². The van der Waals surface area contributed by atoms with Crippen LogP contribution in [0.1, 0.15) is 39.2 Å². The monoisotopic (exact) mass is 223 g/mol. The minimum absolute atomic E-state index is 0.606. The van der Waals surface area contributed by atoms with E-state index in [-0.39, 0.29) is 0 Å². The highest BCUT2D eigenvalue weighted by Crippen LogP contribution is 2.10. The molecule has 0 radical (unpaired) electrons. The average molecular weight is 223 g/mol. The van der Waals surface area contributed by atoms with Gasteiger partial charge < -0.3 is 5.32 Å². The van der Waals surface area contributed by atoms with Crippen LogP contribution in [0.25, 0.3) is 0 Å². The number of hydrogen-bond donors (Lipinski definition) is 1. The van der Waals surface area contributed by atoms with Crippen LogP contribution in [0.3, 0.4) is 0 Å². The first kappa shape index (κ1) is 13.2. The largest absolute Gasteiger partial charge is 0.317 e. The number of nitrogens with zero attached hydrogens (tertiary/aromatic N) is 2. The Labute approximate surface area is 99.2 Å². The summed E-state index contributed by atoms with van der Waals surface area (Å²) in [6.45, 7) is 7.74. The maximum Gasteiger partial charge on any atom is 0.0521 e. The molecular formula is C13H25N3. The molecule has 1 N–H and O–H groups in total. The molecule has 1 unspecified atom stereocenters. The Morgan fingerprint density at radius 2 is 2.19 bits per heavy atom. The molecule has 0 spiro atoms. The molecule has 0 aliphatic heterocycles. The molecule has 1 atom stereocenters. The van der Waals surface area contributed by atoms with Gasteiger partial charge in [-0.1, -0.05) is 20.8 Å². The van der Waals surface area contributed by atoms with E-state index in [2.05, 4.69) is 37.4 Å². The molecule has 1 aromatic rings. The van der Waals surface area contributed by atoms with Gasteiger partial charge in [0.25, 0.3) is 0 Å². The number of aryl methyl sites for hydroxylation is 2. The highest BCUT2D eigenvalue weighted by molar-refractivity contribution is 5.04. The second kappa shape index (κ2) is 6.69. The molecule has 0 saturated heterocycles. The Morgan fingerprint density at radius 3 is 2.75 bits per heavy atom. The standard InChI is InChI=1S/C13H25N3/c1-5-8-16-10-12(9-15-16)6-7-13(14-4)11(2)3/h9-11,13-14H,5-8H2,1-4H3. The molecule has 0 saturated carbocycles. The van der Waals surface area contributed by atoms with Gasteiger partial charge in [0.05, 0.1) is 6.20 Å². The SMILES string of the molecule is CCCn1cc(CCC(NC)C(C)C)cn1. The number of nitrogens with one attached hydrogen (secondary N) is 1. The van der Waals surface area contributed by atoms with E-state index in [0.717, 1.165) is 19.4 Å². The van der Waals surface area contributed by atoms with Crippen molar-refractivity contribution in [2.75, 3.05) is 7.05 Å². The minimum Gasteiger partial charge on any atom is -0.317 e. The maximum absolute atomic E-state index is 4.35. The van der Waals surface area contributed by atoms with Crippen LogP contribution in [0, 0.1) is 5.92 Å². The quantitative estimate of drug-likeness (QED) is 0.769. The molecule has 1 rings (SSSR count). The number of rotatable bonds is 7. The highest BCUT2D eigenvalue weighted by Gasteiger charge is 2.10. The number of hydrogen-bond acceptors (Lipinski definition) is 2. The van der Waals surface area contributed by atoms with E-state index in [4.69, 9.17) is 0 Å². The summed E-state index contributed by atoms with van der Waals surface area (Å²) in [6.07, 6.45) is 7.63. The summed E-state index contributed by atoms with van der Waals surface area (Å²) in [6, 6.07) is 0.606. The van der Waals surface area contributed by atoms with Gasteiger partial charge in [-0.2, -0.15) is 5.10 Å². The normalized spacial score (nSPS) is 13.3. The lowest BCUT2D eigenvalue weighted by Gasteiger charge is -2.19. The fraction of sp³-hybridized carbons (Fsp3) is 0.769. The first-order valence-electron chi connectivity index (χ1n) is 6.36. The molecule has 0 aliphatic rings. The Balaban J connectivity index is 2.41. The first-order valence-corrected chi connectivity index (χ1v) is 6.36. The Bertz CT molecular complexity index is 291. The molecule has 1 heterocycles. The van der Waals surface area contributed by atoms with Gasteiger partial charge in [-0.05, 0) is 37.8 Å². The lowest BCUT2D eigenvalue weighted by Crippen LogP contribution is -2.30. The molecule has 1 aromatic heterocycles. The predicted molar refractivity (Wildman–Crippen MR) is 68.5 cm³/mol. The third-order valence-electron chi connectivity index (χ3n) is 3.06. The highest BCUT2D eigenvalue weighted by atomic mass is 15.3. The summed E-state index contributed by atoms with van der Waals surface area (Å²) in [4.78, 5) is 0. The van der Waals surface area contributed by atoms with Crippen molar-refractivity contribution in [3.63, 3.8) is 0 Å². The molecule has 3 heteroatoms. The molecule has 3 nitrogen and oxygen atoms in total. The molecule has 92 valence electrons. The third-order valence-corrected chi connectivity index (χ3v) is 3.06. The summed E-state index contributed by atoms with van der Waals surface area (Å²) in [5, 5.41) is 7.73. The van der Waals surface area contributed by atoms with E-state index < -0.39 is 0 Å². The van der Waals surface area contributed by atoms with Crippen LogP contribution in [0.5, 0.6) is 0 Å². The van der Waals surface area contributed by atoms with Crippen LogP contribution in [0.15, 0.2) is 12.4 Å². The van der Waals surface area contributed by atoms with Crippen LogP contribution in [0.4, 0.5) is 0 Å². The summed E-state index contributed by atoms with van der Waals surface area (Å²) >= 11 is 0. The minimum atomic E-state index is 0.606. The van der Waals surface area contributed by atoms with Gasteiger partial charge in [-0.3, -0.25) is 4.68 Å². The van der Waals surface area contributed by atoms with Gasteiger partial charge in [-0.25, -0.2) is 0 Å². The molecule has 0 amide bonds. The van der Waals surface area contributed by atoms with Gasteiger partial charge in [0.1, 0.15) is 0 Å². The fourth-order valence-electron chi connectivity index (χ4n) is 2.02. The zero-order chi connectivity index (χ0) is 12.0. The zero-order valence-corrected chi connectivity index (χ0v) is 11.0. The van der Waals surface area contributed by atoms with Crippen molar-refractivity contribution in [3.8, 4) is 0 Å². The lowest BCUT2D eigenvalue weighted by atomic mass is 9.98. The zero-order valence-electron chi connectivity index (χ0n) is 11.0. The van der Waals surface area contributed by atoms with Gasteiger partial charge in [0.2, 0.25) is 0 Å². The van der Waals surface area contributed by atoms with Crippen LogP contribution >= 0.6 is 0 Å². The summed E-state index contributed by atoms with van der Waals surface area (Å²) in [5.41, 5.74) is 1.36. The van der Waals surface area contributed by atoms with Crippen LogP contribution in [-0.2, 0) is 13.0 Å². The van der Waals surface area contributed by atoms with Crippen LogP contribution < -0.4 is 5.32 Å². The smallest absolute Gasteiger partial charge is 0.0521 e. The van der Waals surface area contributed by atoms with Gasteiger partial charge >= 0.3 is 0 Å². The second-order valence-electron chi connectivity index (χ2n) is 4.79. The Kier molecular flexibility index (Phi) is 5.53. The molecular weight excluding hydrogens is 198 g/mol. The summed E-state index contributed by atoms with van der Waals surface area (Å²) in [7, 11) is 2.05. The van der Waals surface area contributed by atoms with E-state index in [9.17, 15) is 0 Å². The molecule has 0 fully saturated rings. The van der Waals surface area contributed by atoms with Crippen molar-refractivity contribution < 1.29 is 0 Å². The van der Waals surface area contributed by atoms with Gasteiger partial charge in [-0.15, -0.1) is 0 Å². The van der Waals surface area contributed by atoms with E-state index in [0.29, 0.717) is 12.0 Å². The van der Waals surface area contributed by atoms with Crippen molar-refractivity contribution >= 4 is 0 Å².